The number of nitrogens with zero attached hydrogens (tertiary/aromatic N) is 4. The highest BCUT2D eigenvalue weighted by atomic mass is 32.1. The Hall–Kier alpha value is -2.39. The fourth-order valence-electron chi connectivity index (χ4n) is 2.42. The van der Waals surface area contributed by atoms with Crippen LogP contribution in [0.4, 0.5) is 0 Å². The summed E-state index contributed by atoms with van der Waals surface area (Å²) in [5.74, 6) is -0.508. The maximum atomic E-state index is 12.3. The molecule has 2 heterocycles. The van der Waals surface area contributed by atoms with Crippen molar-refractivity contribution in [1.82, 2.24) is 9.13 Å². The van der Waals surface area contributed by atoms with Crippen molar-refractivity contribution in [2.45, 2.75) is 33.7 Å². The molecule has 0 bridgehead atoms. The lowest BCUT2D eigenvalue weighted by atomic mass is 10.1. The van der Waals surface area contributed by atoms with Gasteiger partial charge in [0, 0.05) is 36.6 Å². The Morgan fingerprint density at radius 1 is 1.48 bits per heavy atom. The highest BCUT2D eigenvalue weighted by molar-refractivity contribution is 7.07. The molecule has 0 spiro atoms. The summed E-state index contributed by atoms with van der Waals surface area (Å²) in [7, 11) is 1.82. The second-order valence-corrected chi connectivity index (χ2v) is 6.23. The fourth-order valence-corrected chi connectivity index (χ4v) is 3.15. The SMILES string of the molecule is CCCn1c(C)cc(/C=C(/C#N)C(=O)N=c2sccn2C)c1C. The van der Waals surface area contributed by atoms with Gasteiger partial charge in [0.1, 0.15) is 11.6 Å². The Bertz CT molecular complexity index is 858. The normalized spacial score (nSPS) is 12.5. The largest absolute Gasteiger partial charge is 0.349 e. The van der Waals surface area contributed by atoms with E-state index in [2.05, 4.69) is 16.5 Å². The van der Waals surface area contributed by atoms with Crippen LogP contribution in [-0.4, -0.2) is 15.0 Å². The molecule has 0 aliphatic carbocycles. The first-order valence-electron chi connectivity index (χ1n) is 7.45. The number of thiazole rings is 1. The zero-order chi connectivity index (χ0) is 17.0. The van der Waals surface area contributed by atoms with Gasteiger partial charge in [-0.3, -0.25) is 4.79 Å². The molecule has 0 aromatic carbocycles. The van der Waals surface area contributed by atoms with Gasteiger partial charge in [-0.2, -0.15) is 10.3 Å². The lowest BCUT2D eigenvalue weighted by molar-refractivity contribution is -0.114. The van der Waals surface area contributed by atoms with Crippen LogP contribution < -0.4 is 4.80 Å². The summed E-state index contributed by atoms with van der Waals surface area (Å²) in [5, 5.41) is 11.2. The number of aryl methyl sites for hydroxylation is 2. The first kappa shape index (κ1) is 17.0. The molecule has 0 aliphatic rings. The number of hydrogen-bond donors (Lipinski definition) is 0. The number of carbonyl (C=O) groups is 1. The van der Waals surface area contributed by atoms with Gasteiger partial charge in [0.25, 0.3) is 5.91 Å². The predicted molar refractivity (Wildman–Crippen MR) is 91.6 cm³/mol. The highest BCUT2D eigenvalue weighted by Gasteiger charge is 2.12. The minimum Gasteiger partial charge on any atom is -0.349 e. The summed E-state index contributed by atoms with van der Waals surface area (Å²) < 4.78 is 3.95. The van der Waals surface area contributed by atoms with Crippen LogP contribution in [0.5, 0.6) is 0 Å². The van der Waals surface area contributed by atoms with Crippen molar-refractivity contribution in [2.75, 3.05) is 0 Å². The van der Waals surface area contributed by atoms with E-state index in [1.165, 1.54) is 11.3 Å². The molecule has 120 valence electrons. The van der Waals surface area contributed by atoms with E-state index in [1.807, 2.05) is 44.6 Å². The zero-order valence-corrected chi connectivity index (χ0v) is 14.6. The molecule has 23 heavy (non-hydrogen) atoms. The van der Waals surface area contributed by atoms with Crippen LogP contribution in [-0.2, 0) is 18.4 Å². The third-order valence-electron chi connectivity index (χ3n) is 3.67. The van der Waals surface area contributed by atoms with Gasteiger partial charge in [-0.15, -0.1) is 11.3 Å². The Kier molecular flexibility index (Phi) is 5.35. The van der Waals surface area contributed by atoms with Gasteiger partial charge in [-0.1, -0.05) is 6.92 Å². The third-order valence-corrected chi connectivity index (χ3v) is 4.52. The first-order chi connectivity index (χ1) is 11.0. The van der Waals surface area contributed by atoms with Crippen LogP contribution in [0.3, 0.4) is 0 Å². The van der Waals surface area contributed by atoms with E-state index in [4.69, 9.17) is 0 Å². The van der Waals surface area contributed by atoms with E-state index in [0.29, 0.717) is 4.80 Å². The number of hydrogen-bond acceptors (Lipinski definition) is 3. The number of nitriles is 1. The molecule has 0 unspecified atom stereocenters. The molecule has 2 rings (SSSR count). The summed E-state index contributed by atoms with van der Waals surface area (Å²) in [5.41, 5.74) is 3.13. The monoisotopic (exact) mass is 328 g/mol. The van der Waals surface area contributed by atoms with Gasteiger partial charge in [0.2, 0.25) is 0 Å². The lowest BCUT2D eigenvalue weighted by Crippen LogP contribution is -2.13. The van der Waals surface area contributed by atoms with Gasteiger partial charge >= 0.3 is 0 Å². The molecule has 0 N–H and O–H groups in total. The topological polar surface area (TPSA) is 63.1 Å². The van der Waals surface area contributed by atoms with Crippen LogP contribution in [0.25, 0.3) is 6.08 Å². The van der Waals surface area contributed by atoms with E-state index in [-0.39, 0.29) is 5.57 Å². The zero-order valence-electron chi connectivity index (χ0n) is 13.8. The molecule has 0 atom stereocenters. The summed E-state index contributed by atoms with van der Waals surface area (Å²) in [4.78, 5) is 16.9. The standard InChI is InChI=1S/C17H20N4OS/c1-5-6-21-12(2)9-14(13(21)3)10-15(11-18)16(22)19-17-20(4)7-8-23-17/h7-10H,5-6H2,1-4H3/b15-10-,19-17?. The van der Waals surface area contributed by atoms with Gasteiger partial charge in [0.15, 0.2) is 4.80 Å². The fraction of sp³-hybridized carbons (Fsp3) is 0.353. The minimum atomic E-state index is -0.508. The van der Waals surface area contributed by atoms with Gasteiger partial charge < -0.3 is 9.13 Å². The van der Waals surface area contributed by atoms with E-state index in [0.717, 1.165) is 29.9 Å². The molecule has 2 aromatic rings. The molecular formula is C17H20N4OS. The summed E-state index contributed by atoms with van der Waals surface area (Å²) in [6.07, 6.45) is 4.49. The Labute approximate surface area is 139 Å². The van der Waals surface area contributed by atoms with Crippen LogP contribution >= 0.6 is 11.3 Å². The maximum Gasteiger partial charge on any atom is 0.290 e. The summed E-state index contributed by atoms with van der Waals surface area (Å²) in [6.45, 7) is 7.09. The number of aromatic nitrogens is 2. The summed E-state index contributed by atoms with van der Waals surface area (Å²) in [6, 6.07) is 3.97. The van der Waals surface area contributed by atoms with Crippen molar-refractivity contribution in [3.05, 3.63) is 45.0 Å². The predicted octanol–water partition coefficient (Wildman–Crippen LogP) is 2.95. The van der Waals surface area contributed by atoms with Gasteiger partial charge in [0.05, 0.1) is 0 Å². The van der Waals surface area contributed by atoms with E-state index in [1.54, 1.807) is 10.6 Å². The second-order valence-electron chi connectivity index (χ2n) is 5.36. The number of amides is 1. The Morgan fingerprint density at radius 2 is 2.22 bits per heavy atom. The molecule has 0 radical (unpaired) electrons. The van der Waals surface area contributed by atoms with Crippen molar-refractivity contribution in [2.24, 2.45) is 12.0 Å². The molecule has 1 amide bonds. The van der Waals surface area contributed by atoms with E-state index >= 15 is 0 Å². The van der Waals surface area contributed by atoms with E-state index < -0.39 is 5.91 Å². The highest BCUT2D eigenvalue weighted by Crippen LogP contribution is 2.19. The van der Waals surface area contributed by atoms with Crippen molar-refractivity contribution in [1.29, 1.82) is 5.26 Å². The van der Waals surface area contributed by atoms with Crippen molar-refractivity contribution < 1.29 is 4.79 Å². The van der Waals surface area contributed by atoms with Crippen LogP contribution in [0.15, 0.2) is 28.2 Å². The van der Waals surface area contributed by atoms with Crippen LogP contribution in [0.2, 0.25) is 0 Å². The van der Waals surface area contributed by atoms with Gasteiger partial charge in [-0.05, 0) is 38.0 Å². The third kappa shape index (κ3) is 3.69. The van der Waals surface area contributed by atoms with Crippen LogP contribution in [0.1, 0.15) is 30.3 Å². The first-order valence-corrected chi connectivity index (χ1v) is 8.33. The molecule has 0 aliphatic heterocycles. The molecule has 2 aromatic heterocycles. The Balaban J connectivity index is 2.41. The smallest absolute Gasteiger partial charge is 0.290 e. The van der Waals surface area contributed by atoms with Crippen molar-refractivity contribution in [3.8, 4) is 6.07 Å². The van der Waals surface area contributed by atoms with Crippen molar-refractivity contribution >= 4 is 23.3 Å². The molecular weight excluding hydrogens is 308 g/mol. The molecule has 0 saturated carbocycles. The molecule has 6 heteroatoms. The Morgan fingerprint density at radius 3 is 2.78 bits per heavy atom. The summed E-state index contributed by atoms with van der Waals surface area (Å²) >= 11 is 1.36. The molecule has 5 nitrogen and oxygen atoms in total. The van der Waals surface area contributed by atoms with Crippen molar-refractivity contribution in [3.63, 3.8) is 0 Å². The number of carbonyl (C=O) groups excluding carboxylic acids is 1. The number of rotatable bonds is 4. The second kappa shape index (κ2) is 7.25. The molecule has 0 saturated heterocycles. The molecule has 0 fully saturated rings. The van der Waals surface area contributed by atoms with Crippen LogP contribution in [0, 0.1) is 25.2 Å². The van der Waals surface area contributed by atoms with Gasteiger partial charge in [-0.25, -0.2) is 0 Å². The average Bonchev–Trinajstić information content (AvgIpc) is 3.03. The maximum absolute atomic E-state index is 12.3. The van der Waals surface area contributed by atoms with E-state index in [9.17, 15) is 10.1 Å². The quantitative estimate of drug-likeness (QED) is 0.640. The lowest BCUT2D eigenvalue weighted by Gasteiger charge is -2.06. The average molecular weight is 328 g/mol. The minimum absolute atomic E-state index is 0.0511.